The number of benzene rings is 2. The number of nitrogens with zero attached hydrogens (tertiary/aromatic N) is 3. The lowest BCUT2D eigenvalue weighted by atomic mass is 10.1. The molecule has 0 fully saturated rings. The van der Waals surface area contributed by atoms with Gasteiger partial charge in [0.15, 0.2) is 0 Å². The van der Waals surface area contributed by atoms with Crippen LogP contribution in [0.1, 0.15) is 5.56 Å². The largest absolute Gasteiger partial charge is 0.497 e. The lowest BCUT2D eigenvalue weighted by Crippen LogP contribution is -2.06. The smallest absolute Gasteiger partial charge is 0.259 e. The van der Waals surface area contributed by atoms with E-state index in [1.807, 2.05) is 60.7 Å². The van der Waals surface area contributed by atoms with E-state index in [9.17, 15) is 0 Å². The molecule has 0 aliphatic carbocycles. The second-order valence-electron chi connectivity index (χ2n) is 6.39. The Morgan fingerprint density at radius 3 is 2.41 bits per heavy atom. The number of ether oxygens (including phenoxy) is 1. The third-order valence-electron chi connectivity index (χ3n) is 4.42. The summed E-state index contributed by atoms with van der Waals surface area (Å²) in [6.07, 6.45) is 2.60. The fourth-order valence-corrected chi connectivity index (χ4v) is 2.93. The topological polar surface area (TPSA) is 73.1 Å². The quantitative estimate of drug-likeness (QED) is 0.459. The summed E-state index contributed by atoms with van der Waals surface area (Å²) in [5.41, 5.74) is 2.84. The summed E-state index contributed by atoms with van der Waals surface area (Å²) < 4.78 is 10.6. The lowest BCUT2D eigenvalue weighted by molar-refractivity contribution is 0.415. The van der Waals surface area contributed by atoms with Gasteiger partial charge in [0.2, 0.25) is 5.82 Å². The van der Waals surface area contributed by atoms with Crippen molar-refractivity contribution in [2.45, 2.75) is 6.42 Å². The van der Waals surface area contributed by atoms with Crippen LogP contribution in [0.2, 0.25) is 5.02 Å². The van der Waals surface area contributed by atoms with Crippen molar-refractivity contribution in [1.29, 1.82) is 0 Å². The van der Waals surface area contributed by atoms with E-state index in [2.05, 4.69) is 20.4 Å². The first-order valence-corrected chi connectivity index (χ1v) is 9.52. The predicted molar refractivity (Wildman–Crippen MR) is 113 cm³/mol. The summed E-state index contributed by atoms with van der Waals surface area (Å²) in [4.78, 5) is 8.88. The maximum Gasteiger partial charge on any atom is 0.259 e. The molecular weight excluding hydrogens is 388 g/mol. The van der Waals surface area contributed by atoms with Crippen LogP contribution >= 0.6 is 11.6 Å². The number of anilines is 1. The van der Waals surface area contributed by atoms with Crippen molar-refractivity contribution in [3.8, 4) is 28.6 Å². The van der Waals surface area contributed by atoms with Gasteiger partial charge in [-0.15, -0.1) is 0 Å². The van der Waals surface area contributed by atoms with E-state index in [1.54, 1.807) is 13.3 Å². The van der Waals surface area contributed by atoms with Crippen LogP contribution in [0.15, 0.2) is 71.4 Å². The molecule has 6 nitrogen and oxygen atoms in total. The zero-order chi connectivity index (χ0) is 20.1. The van der Waals surface area contributed by atoms with Crippen molar-refractivity contribution in [3.63, 3.8) is 0 Å². The number of hydrogen-bond donors (Lipinski definition) is 1. The fourth-order valence-electron chi connectivity index (χ4n) is 2.81. The van der Waals surface area contributed by atoms with Gasteiger partial charge < -0.3 is 14.6 Å². The van der Waals surface area contributed by atoms with Gasteiger partial charge in [-0.1, -0.05) is 28.9 Å². The van der Waals surface area contributed by atoms with Crippen LogP contribution in [0.5, 0.6) is 5.75 Å². The zero-order valence-corrected chi connectivity index (χ0v) is 16.6. The summed E-state index contributed by atoms with van der Waals surface area (Å²) in [5, 5.41) is 8.10. The average Bonchev–Trinajstić information content (AvgIpc) is 3.26. The fraction of sp³-hybridized carbons (Fsp3) is 0.136. The van der Waals surface area contributed by atoms with Gasteiger partial charge in [-0.25, -0.2) is 4.98 Å². The highest BCUT2D eigenvalue weighted by Gasteiger charge is 2.11. The molecule has 0 unspecified atom stereocenters. The van der Waals surface area contributed by atoms with Crippen molar-refractivity contribution in [2.75, 3.05) is 19.0 Å². The van der Waals surface area contributed by atoms with Gasteiger partial charge in [-0.2, -0.15) is 4.98 Å². The lowest BCUT2D eigenvalue weighted by Gasteiger charge is -2.06. The predicted octanol–water partition coefficient (Wildman–Crippen LogP) is 5.12. The first kappa shape index (κ1) is 19.0. The molecule has 0 spiro atoms. The molecule has 0 aliphatic rings. The maximum atomic E-state index is 5.91. The van der Waals surface area contributed by atoms with E-state index < -0.39 is 0 Å². The SMILES string of the molecule is COc1ccc(-c2noc(-c3ccc(NCCc4ccc(Cl)cc4)nc3)n2)cc1. The molecule has 4 aromatic rings. The molecule has 0 atom stereocenters. The van der Waals surface area contributed by atoms with E-state index in [0.717, 1.165) is 40.7 Å². The van der Waals surface area contributed by atoms with Crippen LogP contribution in [-0.2, 0) is 6.42 Å². The van der Waals surface area contributed by atoms with Crippen molar-refractivity contribution in [2.24, 2.45) is 0 Å². The molecule has 7 heteroatoms. The van der Waals surface area contributed by atoms with Gasteiger partial charge in [-0.05, 0) is 60.5 Å². The first-order chi connectivity index (χ1) is 14.2. The molecule has 1 N–H and O–H groups in total. The summed E-state index contributed by atoms with van der Waals surface area (Å²) in [5.74, 6) is 2.52. The van der Waals surface area contributed by atoms with Crippen LogP contribution in [-0.4, -0.2) is 28.8 Å². The molecule has 2 aromatic heterocycles. The third-order valence-corrected chi connectivity index (χ3v) is 4.67. The number of pyridine rings is 1. The van der Waals surface area contributed by atoms with E-state index in [0.29, 0.717) is 11.7 Å². The molecule has 2 aromatic carbocycles. The number of methoxy groups -OCH3 is 1. The minimum Gasteiger partial charge on any atom is -0.497 e. The normalized spacial score (nSPS) is 10.7. The standard InChI is InChI=1S/C22H19ClN4O2/c1-28-19-9-4-16(5-10-19)21-26-22(29-27-21)17-6-11-20(25-14-17)24-13-12-15-2-7-18(23)8-3-15/h2-11,14H,12-13H2,1H3,(H,24,25). The summed E-state index contributed by atoms with van der Waals surface area (Å²) >= 11 is 5.91. The molecule has 4 rings (SSSR count). The summed E-state index contributed by atoms with van der Waals surface area (Å²) in [6, 6.07) is 19.1. The Hall–Kier alpha value is -3.38. The Labute approximate surface area is 173 Å². The number of hydrogen-bond acceptors (Lipinski definition) is 6. The van der Waals surface area contributed by atoms with Crippen molar-refractivity contribution < 1.29 is 9.26 Å². The minimum atomic E-state index is 0.427. The molecule has 146 valence electrons. The monoisotopic (exact) mass is 406 g/mol. The second kappa shape index (κ2) is 8.75. The van der Waals surface area contributed by atoms with Crippen molar-refractivity contribution >= 4 is 17.4 Å². The van der Waals surface area contributed by atoms with Gasteiger partial charge >= 0.3 is 0 Å². The van der Waals surface area contributed by atoms with Crippen LogP contribution in [0.3, 0.4) is 0 Å². The van der Waals surface area contributed by atoms with Gasteiger partial charge in [0.1, 0.15) is 11.6 Å². The molecule has 0 aliphatic heterocycles. The van der Waals surface area contributed by atoms with Crippen LogP contribution in [0.4, 0.5) is 5.82 Å². The Balaban J connectivity index is 1.37. The molecule has 2 heterocycles. The van der Waals surface area contributed by atoms with Crippen LogP contribution in [0.25, 0.3) is 22.8 Å². The molecule has 0 saturated carbocycles. The van der Waals surface area contributed by atoms with Crippen LogP contribution < -0.4 is 10.1 Å². The molecule has 0 bridgehead atoms. The number of nitrogens with one attached hydrogen (secondary N) is 1. The Morgan fingerprint density at radius 1 is 0.966 bits per heavy atom. The number of halogens is 1. The van der Waals surface area contributed by atoms with Gasteiger partial charge in [0.05, 0.1) is 12.7 Å². The Morgan fingerprint density at radius 2 is 1.72 bits per heavy atom. The maximum absolute atomic E-state index is 5.91. The van der Waals surface area contributed by atoms with Crippen molar-refractivity contribution in [3.05, 3.63) is 77.4 Å². The second-order valence-corrected chi connectivity index (χ2v) is 6.82. The highest BCUT2D eigenvalue weighted by molar-refractivity contribution is 6.30. The highest BCUT2D eigenvalue weighted by atomic mass is 35.5. The van der Waals surface area contributed by atoms with E-state index >= 15 is 0 Å². The van der Waals surface area contributed by atoms with Gasteiger partial charge in [0, 0.05) is 23.3 Å². The van der Waals surface area contributed by atoms with E-state index in [4.69, 9.17) is 20.9 Å². The molecule has 0 amide bonds. The van der Waals surface area contributed by atoms with Crippen molar-refractivity contribution in [1.82, 2.24) is 15.1 Å². The van der Waals surface area contributed by atoms with E-state index in [1.165, 1.54) is 5.56 Å². The summed E-state index contributed by atoms with van der Waals surface area (Å²) in [6.45, 7) is 0.774. The molecule has 29 heavy (non-hydrogen) atoms. The average molecular weight is 407 g/mol. The Kier molecular flexibility index (Phi) is 5.72. The highest BCUT2D eigenvalue weighted by Crippen LogP contribution is 2.24. The third kappa shape index (κ3) is 4.73. The molecule has 0 saturated heterocycles. The minimum absolute atomic E-state index is 0.427. The van der Waals surface area contributed by atoms with Gasteiger partial charge in [-0.3, -0.25) is 0 Å². The number of rotatable bonds is 7. The molecule has 0 radical (unpaired) electrons. The molecular formula is C22H19ClN4O2. The summed E-state index contributed by atoms with van der Waals surface area (Å²) in [7, 11) is 1.63. The van der Waals surface area contributed by atoms with Gasteiger partial charge in [0.25, 0.3) is 5.89 Å². The zero-order valence-electron chi connectivity index (χ0n) is 15.8. The first-order valence-electron chi connectivity index (χ1n) is 9.14. The Bertz CT molecular complexity index is 1060. The number of aromatic nitrogens is 3. The van der Waals surface area contributed by atoms with Crippen LogP contribution in [0, 0.1) is 0 Å². The van der Waals surface area contributed by atoms with E-state index in [-0.39, 0.29) is 0 Å².